The van der Waals surface area contributed by atoms with E-state index in [-0.39, 0.29) is 11.7 Å². The lowest BCUT2D eigenvalue weighted by atomic mass is 10.0. The molecule has 3 aliphatic rings. The minimum atomic E-state index is -0.224. The van der Waals surface area contributed by atoms with Crippen molar-refractivity contribution in [1.82, 2.24) is 4.90 Å². The summed E-state index contributed by atoms with van der Waals surface area (Å²) in [6.45, 7) is 6.86. The largest absolute Gasteiger partial charge is 0.461 e. The van der Waals surface area contributed by atoms with Crippen LogP contribution in [0, 0.1) is 30.5 Å². The first-order valence-corrected chi connectivity index (χ1v) is 9.05. The Labute approximate surface area is 143 Å². The van der Waals surface area contributed by atoms with Crippen molar-refractivity contribution in [3.05, 3.63) is 41.4 Å². The monoisotopic (exact) mass is 328 g/mol. The molecule has 2 fully saturated rings. The molecular formula is C20H25FN2O. The normalized spacial score (nSPS) is 29.3. The van der Waals surface area contributed by atoms with Crippen LogP contribution in [-0.4, -0.2) is 30.4 Å². The van der Waals surface area contributed by atoms with E-state index in [1.165, 1.54) is 25.3 Å². The molecule has 3 atom stereocenters. The van der Waals surface area contributed by atoms with Crippen LogP contribution in [0.1, 0.15) is 31.7 Å². The maximum atomic E-state index is 13.8. The van der Waals surface area contributed by atoms with Gasteiger partial charge in [-0.25, -0.2) is 4.39 Å². The minimum absolute atomic E-state index is 0.222. The quantitative estimate of drug-likeness (QED) is 0.814. The van der Waals surface area contributed by atoms with Gasteiger partial charge >= 0.3 is 0 Å². The van der Waals surface area contributed by atoms with Crippen LogP contribution in [0.4, 0.5) is 4.39 Å². The number of dihydropyridines is 1. The number of hydrogen-bond donors (Lipinski definition) is 0. The van der Waals surface area contributed by atoms with E-state index in [0.717, 1.165) is 43.1 Å². The number of halogens is 1. The fraction of sp³-hybridized carbons (Fsp3) is 0.550. The van der Waals surface area contributed by atoms with Gasteiger partial charge in [-0.2, -0.15) is 0 Å². The molecule has 1 aromatic rings. The van der Waals surface area contributed by atoms with Crippen molar-refractivity contribution in [3.63, 3.8) is 0 Å². The van der Waals surface area contributed by atoms with Gasteiger partial charge < -0.3 is 9.64 Å². The highest BCUT2D eigenvalue weighted by atomic mass is 19.1. The number of benzene rings is 1. The molecule has 4 rings (SSSR count). The first kappa shape index (κ1) is 15.7. The first-order valence-electron chi connectivity index (χ1n) is 9.05. The van der Waals surface area contributed by atoms with Crippen LogP contribution in [0.3, 0.4) is 0 Å². The van der Waals surface area contributed by atoms with Crippen LogP contribution in [0.5, 0.6) is 5.75 Å². The average molecular weight is 328 g/mol. The van der Waals surface area contributed by atoms with Crippen LogP contribution in [0.2, 0.25) is 0 Å². The lowest BCUT2D eigenvalue weighted by molar-refractivity contribution is 0.351. The molecule has 0 amide bonds. The van der Waals surface area contributed by atoms with Crippen molar-refractivity contribution in [1.29, 1.82) is 0 Å². The van der Waals surface area contributed by atoms with Crippen molar-refractivity contribution in [2.45, 2.75) is 33.1 Å². The van der Waals surface area contributed by atoms with Gasteiger partial charge in [0.2, 0.25) is 0 Å². The Kier molecular flexibility index (Phi) is 4.07. The van der Waals surface area contributed by atoms with Crippen LogP contribution in [0.15, 0.2) is 35.0 Å². The SMILES string of the molecule is Cc1ccc(OC2=CC(N3CC4CCCC4C3)=NCC2C)cc1F. The molecule has 0 N–H and O–H groups in total. The lowest BCUT2D eigenvalue weighted by Crippen LogP contribution is -2.32. The predicted octanol–water partition coefficient (Wildman–Crippen LogP) is 4.18. The molecule has 0 spiro atoms. The molecule has 128 valence electrons. The zero-order valence-electron chi connectivity index (χ0n) is 14.5. The molecule has 1 aliphatic carbocycles. The summed E-state index contributed by atoms with van der Waals surface area (Å²) < 4.78 is 19.8. The van der Waals surface area contributed by atoms with E-state index in [9.17, 15) is 4.39 Å². The highest BCUT2D eigenvalue weighted by Crippen LogP contribution is 2.38. The van der Waals surface area contributed by atoms with Crippen molar-refractivity contribution < 1.29 is 9.13 Å². The molecule has 0 radical (unpaired) electrons. The average Bonchev–Trinajstić information content (AvgIpc) is 3.15. The predicted molar refractivity (Wildman–Crippen MR) is 93.7 cm³/mol. The molecule has 24 heavy (non-hydrogen) atoms. The first-order chi connectivity index (χ1) is 11.6. The molecule has 1 aromatic carbocycles. The van der Waals surface area contributed by atoms with Gasteiger partial charge in [0.25, 0.3) is 0 Å². The molecule has 3 unspecified atom stereocenters. The summed E-state index contributed by atoms with van der Waals surface area (Å²) in [5, 5.41) is 0. The second kappa shape index (κ2) is 6.23. The van der Waals surface area contributed by atoms with Gasteiger partial charge in [-0.3, -0.25) is 4.99 Å². The lowest BCUT2D eigenvalue weighted by Gasteiger charge is -2.26. The standard InChI is InChI=1S/C20H25FN2O/c1-13-6-7-17(8-18(13)21)24-19-9-20(22-10-14(19)2)23-11-15-4-3-5-16(15)12-23/h6-9,14-16H,3-5,10-12H2,1-2H3. The maximum Gasteiger partial charge on any atom is 0.129 e. The molecule has 2 heterocycles. The van der Waals surface area contributed by atoms with E-state index in [2.05, 4.69) is 17.9 Å². The van der Waals surface area contributed by atoms with Crippen molar-refractivity contribution >= 4 is 5.84 Å². The number of ether oxygens (including phenoxy) is 1. The number of fused-ring (bicyclic) bond motifs is 1. The summed E-state index contributed by atoms with van der Waals surface area (Å²) in [5.74, 6) is 4.19. The number of nitrogens with zero attached hydrogens (tertiary/aromatic N) is 2. The van der Waals surface area contributed by atoms with Crippen molar-refractivity contribution in [3.8, 4) is 5.75 Å². The third-order valence-electron chi connectivity index (χ3n) is 5.71. The molecule has 2 aliphatic heterocycles. The highest BCUT2D eigenvalue weighted by molar-refractivity contribution is 5.94. The van der Waals surface area contributed by atoms with Crippen LogP contribution >= 0.6 is 0 Å². The smallest absolute Gasteiger partial charge is 0.129 e. The Morgan fingerprint density at radius 2 is 1.96 bits per heavy atom. The summed E-state index contributed by atoms with van der Waals surface area (Å²) in [7, 11) is 0. The number of amidine groups is 1. The third-order valence-corrected chi connectivity index (χ3v) is 5.71. The Balaban J connectivity index is 1.50. The molecule has 0 aromatic heterocycles. The summed E-state index contributed by atoms with van der Waals surface area (Å²) >= 11 is 0. The van der Waals surface area contributed by atoms with Crippen LogP contribution in [0.25, 0.3) is 0 Å². The van der Waals surface area contributed by atoms with E-state index >= 15 is 0 Å². The van der Waals surface area contributed by atoms with Crippen molar-refractivity contribution in [2.24, 2.45) is 22.7 Å². The minimum Gasteiger partial charge on any atom is -0.461 e. The molecule has 0 bridgehead atoms. The van der Waals surface area contributed by atoms with Gasteiger partial charge in [0.1, 0.15) is 23.2 Å². The zero-order valence-corrected chi connectivity index (χ0v) is 14.5. The summed E-state index contributed by atoms with van der Waals surface area (Å²) in [5.41, 5.74) is 0.638. The highest BCUT2D eigenvalue weighted by Gasteiger charge is 2.37. The van der Waals surface area contributed by atoms with Crippen LogP contribution < -0.4 is 4.74 Å². The topological polar surface area (TPSA) is 24.8 Å². The van der Waals surface area contributed by atoms with Gasteiger partial charge in [0, 0.05) is 31.1 Å². The van der Waals surface area contributed by atoms with E-state index < -0.39 is 0 Å². The number of aryl methyl sites for hydroxylation is 1. The van der Waals surface area contributed by atoms with Gasteiger partial charge in [-0.15, -0.1) is 0 Å². The molecule has 3 nitrogen and oxygen atoms in total. The molecular weight excluding hydrogens is 303 g/mol. The number of rotatable bonds is 2. The van der Waals surface area contributed by atoms with Crippen LogP contribution in [-0.2, 0) is 0 Å². The summed E-state index contributed by atoms with van der Waals surface area (Å²) in [4.78, 5) is 7.17. The van der Waals surface area contributed by atoms with E-state index in [1.54, 1.807) is 13.0 Å². The van der Waals surface area contributed by atoms with E-state index in [1.807, 2.05) is 6.07 Å². The Morgan fingerprint density at radius 1 is 1.21 bits per heavy atom. The van der Waals surface area contributed by atoms with E-state index in [4.69, 9.17) is 9.73 Å². The van der Waals surface area contributed by atoms with Gasteiger partial charge in [0.05, 0.1) is 6.54 Å². The van der Waals surface area contributed by atoms with Gasteiger partial charge in [0.15, 0.2) is 0 Å². The fourth-order valence-corrected chi connectivity index (χ4v) is 4.15. The summed E-state index contributed by atoms with van der Waals surface area (Å²) in [6.07, 6.45) is 6.17. The number of hydrogen-bond acceptors (Lipinski definition) is 3. The Hall–Kier alpha value is -1.84. The third kappa shape index (κ3) is 2.94. The van der Waals surface area contributed by atoms with Crippen molar-refractivity contribution in [2.75, 3.05) is 19.6 Å². The Bertz CT molecular complexity index is 685. The summed E-state index contributed by atoms with van der Waals surface area (Å²) in [6, 6.07) is 5.06. The van der Waals surface area contributed by atoms with Gasteiger partial charge in [-0.1, -0.05) is 19.4 Å². The number of aliphatic imine (C=N–C) groups is 1. The second-order valence-corrected chi connectivity index (χ2v) is 7.52. The maximum absolute atomic E-state index is 13.8. The van der Waals surface area contributed by atoms with E-state index in [0.29, 0.717) is 11.3 Å². The molecule has 1 saturated carbocycles. The number of likely N-dealkylation sites (tertiary alicyclic amines) is 1. The van der Waals surface area contributed by atoms with Gasteiger partial charge in [-0.05, 0) is 43.2 Å². The second-order valence-electron chi connectivity index (χ2n) is 7.52. The molecule has 4 heteroatoms. The Morgan fingerprint density at radius 3 is 2.67 bits per heavy atom. The zero-order chi connectivity index (χ0) is 16.7. The molecule has 1 saturated heterocycles. The fourth-order valence-electron chi connectivity index (χ4n) is 4.15.